The largest absolute Gasteiger partial charge is 0.497 e. The maximum absolute atomic E-state index is 12.1. The molecule has 0 fully saturated rings. The van der Waals surface area contributed by atoms with E-state index in [2.05, 4.69) is 5.32 Å². The van der Waals surface area contributed by atoms with Crippen molar-refractivity contribution in [3.63, 3.8) is 0 Å². The van der Waals surface area contributed by atoms with E-state index in [-0.39, 0.29) is 5.91 Å². The van der Waals surface area contributed by atoms with Crippen molar-refractivity contribution in [2.45, 2.75) is 6.42 Å². The zero-order valence-corrected chi connectivity index (χ0v) is 13.3. The van der Waals surface area contributed by atoms with Gasteiger partial charge in [0.2, 0.25) is 0 Å². The number of hydrogen-bond donors (Lipinski definition) is 1. The van der Waals surface area contributed by atoms with E-state index in [1.165, 1.54) is 0 Å². The maximum Gasteiger partial charge on any atom is 0.252 e. The number of hydrogen-bond acceptors (Lipinski definition) is 3. The molecule has 0 aliphatic rings. The summed E-state index contributed by atoms with van der Waals surface area (Å²) in [6.45, 7) is 0.522. The minimum atomic E-state index is -0.199. The van der Waals surface area contributed by atoms with Crippen LogP contribution in [0.3, 0.4) is 0 Å². The van der Waals surface area contributed by atoms with Gasteiger partial charge < -0.3 is 14.8 Å². The number of amides is 1. The summed E-state index contributed by atoms with van der Waals surface area (Å²) in [7, 11) is 3.19. The molecule has 0 unspecified atom stereocenters. The molecule has 2 aromatic carbocycles. The predicted molar refractivity (Wildman–Crippen MR) is 87.0 cm³/mol. The van der Waals surface area contributed by atoms with Crippen molar-refractivity contribution in [1.82, 2.24) is 5.32 Å². The lowest BCUT2D eigenvalue weighted by Crippen LogP contribution is -2.25. The first-order valence-electron chi connectivity index (χ1n) is 6.88. The Morgan fingerprint density at radius 1 is 1.09 bits per heavy atom. The summed E-state index contributed by atoms with van der Waals surface area (Å²) in [5.74, 6) is 1.23. The molecule has 0 aliphatic carbocycles. The Kier molecular flexibility index (Phi) is 5.67. The fourth-order valence-electron chi connectivity index (χ4n) is 2.05. The molecule has 2 aromatic rings. The van der Waals surface area contributed by atoms with Gasteiger partial charge in [0.05, 0.1) is 24.8 Å². The molecule has 0 radical (unpaired) electrons. The minimum Gasteiger partial charge on any atom is -0.497 e. The molecule has 1 N–H and O–H groups in total. The molecule has 4 nitrogen and oxygen atoms in total. The van der Waals surface area contributed by atoms with Crippen LogP contribution in [-0.2, 0) is 6.42 Å². The molecule has 2 rings (SSSR count). The highest BCUT2D eigenvalue weighted by molar-refractivity contribution is 6.34. The van der Waals surface area contributed by atoms with Gasteiger partial charge in [0.15, 0.2) is 0 Å². The number of carbonyl (C=O) groups excluding carboxylic acids is 1. The molecule has 0 saturated carbocycles. The SMILES string of the molecule is COc1cccc(CCNC(=O)c2ccc(OC)cc2Cl)c1. The standard InChI is InChI=1S/C17H18ClNO3/c1-21-13-5-3-4-12(10-13)8-9-19-17(20)15-7-6-14(22-2)11-16(15)18/h3-7,10-11H,8-9H2,1-2H3,(H,19,20). The first-order valence-corrected chi connectivity index (χ1v) is 7.26. The molecule has 116 valence electrons. The summed E-state index contributed by atoms with van der Waals surface area (Å²) < 4.78 is 10.2. The van der Waals surface area contributed by atoms with Crippen molar-refractivity contribution in [3.05, 3.63) is 58.6 Å². The average molecular weight is 320 g/mol. The second kappa shape index (κ2) is 7.71. The van der Waals surface area contributed by atoms with Crippen LogP contribution in [0.2, 0.25) is 5.02 Å². The van der Waals surface area contributed by atoms with Gasteiger partial charge in [-0.3, -0.25) is 4.79 Å². The van der Waals surface area contributed by atoms with E-state index >= 15 is 0 Å². The van der Waals surface area contributed by atoms with Crippen molar-refractivity contribution in [3.8, 4) is 11.5 Å². The molecule has 0 aromatic heterocycles. The van der Waals surface area contributed by atoms with Crippen LogP contribution in [0.15, 0.2) is 42.5 Å². The van der Waals surface area contributed by atoms with Crippen LogP contribution in [-0.4, -0.2) is 26.7 Å². The van der Waals surface area contributed by atoms with E-state index in [1.54, 1.807) is 32.4 Å². The van der Waals surface area contributed by atoms with Crippen molar-refractivity contribution in [2.24, 2.45) is 0 Å². The Balaban J connectivity index is 1.92. The minimum absolute atomic E-state index is 0.199. The maximum atomic E-state index is 12.1. The van der Waals surface area contributed by atoms with Gasteiger partial charge in [-0.1, -0.05) is 23.7 Å². The molecule has 0 bridgehead atoms. The Morgan fingerprint density at radius 2 is 1.82 bits per heavy atom. The number of methoxy groups -OCH3 is 2. The zero-order chi connectivity index (χ0) is 15.9. The first-order chi connectivity index (χ1) is 10.6. The predicted octanol–water partition coefficient (Wildman–Crippen LogP) is 3.33. The van der Waals surface area contributed by atoms with Crippen molar-refractivity contribution in [1.29, 1.82) is 0 Å². The van der Waals surface area contributed by atoms with Crippen molar-refractivity contribution >= 4 is 17.5 Å². The number of rotatable bonds is 6. The van der Waals surface area contributed by atoms with Gasteiger partial charge in [0, 0.05) is 6.54 Å². The van der Waals surface area contributed by atoms with Crippen LogP contribution < -0.4 is 14.8 Å². The van der Waals surface area contributed by atoms with Gasteiger partial charge in [-0.05, 0) is 42.3 Å². The van der Waals surface area contributed by atoms with E-state index in [9.17, 15) is 4.79 Å². The molecule has 0 atom stereocenters. The van der Waals surface area contributed by atoms with E-state index in [4.69, 9.17) is 21.1 Å². The Hall–Kier alpha value is -2.20. The van der Waals surface area contributed by atoms with E-state index < -0.39 is 0 Å². The molecular formula is C17H18ClNO3. The quantitative estimate of drug-likeness (QED) is 0.888. The Bertz CT molecular complexity index is 658. The molecule has 0 saturated heterocycles. The molecule has 0 spiro atoms. The highest BCUT2D eigenvalue weighted by Crippen LogP contribution is 2.22. The van der Waals surface area contributed by atoms with Crippen LogP contribution in [0.5, 0.6) is 11.5 Å². The van der Waals surface area contributed by atoms with Gasteiger partial charge >= 0.3 is 0 Å². The lowest BCUT2D eigenvalue weighted by atomic mass is 10.1. The number of halogens is 1. The fraction of sp³-hybridized carbons (Fsp3) is 0.235. The summed E-state index contributed by atoms with van der Waals surface area (Å²) in [5.41, 5.74) is 1.54. The van der Waals surface area contributed by atoms with Crippen LogP contribution >= 0.6 is 11.6 Å². The smallest absolute Gasteiger partial charge is 0.252 e. The van der Waals surface area contributed by atoms with Crippen molar-refractivity contribution in [2.75, 3.05) is 20.8 Å². The lowest BCUT2D eigenvalue weighted by molar-refractivity contribution is 0.0954. The van der Waals surface area contributed by atoms with E-state index in [0.717, 1.165) is 17.7 Å². The Morgan fingerprint density at radius 3 is 2.50 bits per heavy atom. The third kappa shape index (κ3) is 4.15. The van der Waals surface area contributed by atoms with Gasteiger partial charge in [-0.25, -0.2) is 0 Å². The number of carbonyl (C=O) groups is 1. The molecule has 22 heavy (non-hydrogen) atoms. The second-order valence-corrected chi connectivity index (χ2v) is 5.11. The van der Waals surface area contributed by atoms with Crippen LogP contribution in [0.1, 0.15) is 15.9 Å². The fourth-order valence-corrected chi connectivity index (χ4v) is 2.31. The molecular weight excluding hydrogens is 302 g/mol. The summed E-state index contributed by atoms with van der Waals surface area (Å²) in [4.78, 5) is 12.1. The average Bonchev–Trinajstić information content (AvgIpc) is 2.54. The lowest BCUT2D eigenvalue weighted by Gasteiger charge is -2.09. The van der Waals surface area contributed by atoms with Crippen molar-refractivity contribution < 1.29 is 14.3 Å². The zero-order valence-electron chi connectivity index (χ0n) is 12.6. The molecule has 5 heteroatoms. The summed E-state index contributed by atoms with van der Waals surface area (Å²) in [6, 6.07) is 12.8. The van der Waals surface area contributed by atoms with Gasteiger partial charge in [0.25, 0.3) is 5.91 Å². The van der Waals surface area contributed by atoms with Gasteiger partial charge in [0.1, 0.15) is 11.5 Å². The number of nitrogens with one attached hydrogen (secondary N) is 1. The van der Waals surface area contributed by atoms with Crippen LogP contribution in [0.25, 0.3) is 0 Å². The normalized spacial score (nSPS) is 10.1. The number of benzene rings is 2. The third-order valence-corrected chi connectivity index (χ3v) is 3.57. The van der Waals surface area contributed by atoms with Gasteiger partial charge in [-0.15, -0.1) is 0 Å². The Labute approximate surface area is 135 Å². The first kappa shape index (κ1) is 16.2. The summed E-state index contributed by atoms with van der Waals surface area (Å²) in [6.07, 6.45) is 0.719. The van der Waals surface area contributed by atoms with E-state index in [1.807, 2.05) is 24.3 Å². The summed E-state index contributed by atoms with van der Waals surface area (Å²) in [5, 5.41) is 3.23. The topological polar surface area (TPSA) is 47.6 Å². The highest BCUT2D eigenvalue weighted by Gasteiger charge is 2.10. The molecule has 0 aliphatic heterocycles. The molecule has 1 amide bonds. The summed E-state index contributed by atoms with van der Waals surface area (Å²) >= 11 is 6.08. The third-order valence-electron chi connectivity index (χ3n) is 3.25. The monoisotopic (exact) mass is 319 g/mol. The van der Waals surface area contributed by atoms with Gasteiger partial charge in [-0.2, -0.15) is 0 Å². The van der Waals surface area contributed by atoms with Crippen LogP contribution in [0, 0.1) is 0 Å². The van der Waals surface area contributed by atoms with Crippen LogP contribution in [0.4, 0.5) is 0 Å². The highest BCUT2D eigenvalue weighted by atomic mass is 35.5. The van der Waals surface area contributed by atoms with E-state index in [0.29, 0.717) is 22.9 Å². The molecule has 0 heterocycles. The second-order valence-electron chi connectivity index (χ2n) is 4.70. The number of ether oxygens (including phenoxy) is 2.